The molecule has 0 aliphatic carbocycles. The van der Waals surface area contributed by atoms with Crippen LogP contribution in [-0.2, 0) is 11.2 Å². The maximum Gasteiger partial charge on any atom is 0.126 e. The lowest BCUT2D eigenvalue weighted by Crippen LogP contribution is -2.47. The zero-order valence-corrected chi connectivity index (χ0v) is 15.1. The molecular weight excluding hydrogens is 326 g/mol. The molecule has 0 amide bonds. The van der Waals surface area contributed by atoms with E-state index in [1.165, 1.54) is 12.1 Å². The Kier molecular flexibility index (Phi) is 9.82. The predicted octanol–water partition coefficient (Wildman–Crippen LogP) is 2.40. The average molecular weight is 356 g/mol. The average Bonchev–Trinajstić information content (AvgIpc) is 2.50. The molecule has 0 aliphatic heterocycles. The van der Waals surface area contributed by atoms with E-state index in [-0.39, 0.29) is 19.0 Å². The molecule has 0 bridgehead atoms. The molecule has 4 N–H and O–H groups in total. The van der Waals surface area contributed by atoms with Crippen LogP contribution in [0.2, 0.25) is 0 Å². The van der Waals surface area contributed by atoms with Crippen molar-refractivity contribution in [2.75, 3.05) is 19.8 Å². The molecule has 142 valence electrons. The maximum absolute atomic E-state index is 13.2. The van der Waals surface area contributed by atoms with Gasteiger partial charge < -0.3 is 20.9 Å². The number of nitrogens with one attached hydrogen (secondary N) is 1. The normalized spacial score (nSPS) is 15.2. The number of aliphatic hydroxyl groups is 1. The lowest BCUT2D eigenvalue weighted by atomic mass is 10.0. The quantitative estimate of drug-likeness (QED) is 0.397. The van der Waals surface area contributed by atoms with Gasteiger partial charge in [-0.1, -0.05) is 19.9 Å². The molecule has 1 rings (SSSR count). The van der Waals surface area contributed by atoms with E-state index in [0.717, 1.165) is 12.5 Å². The SMILES string of the molecule is C=CCOCC(CC(C)C)NC[C@@H](O)[C@@H](N)Cc1cc(F)cc(F)c1. The van der Waals surface area contributed by atoms with E-state index in [9.17, 15) is 13.9 Å². The van der Waals surface area contributed by atoms with Gasteiger partial charge in [0.25, 0.3) is 0 Å². The van der Waals surface area contributed by atoms with Crippen molar-refractivity contribution in [2.24, 2.45) is 11.7 Å². The van der Waals surface area contributed by atoms with Gasteiger partial charge in [0.1, 0.15) is 11.6 Å². The summed E-state index contributed by atoms with van der Waals surface area (Å²) in [4.78, 5) is 0. The third-order valence-electron chi connectivity index (χ3n) is 3.81. The maximum atomic E-state index is 13.2. The minimum Gasteiger partial charge on any atom is -0.390 e. The highest BCUT2D eigenvalue weighted by Gasteiger charge is 2.19. The van der Waals surface area contributed by atoms with Gasteiger partial charge in [-0.15, -0.1) is 6.58 Å². The molecule has 1 unspecified atom stereocenters. The fraction of sp³-hybridized carbons (Fsp3) is 0.579. The summed E-state index contributed by atoms with van der Waals surface area (Å²) in [5, 5.41) is 13.5. The highest BCUT2D eigenvalue weighted by molar-refractivity contribution is 5.19. The molecule has 1 aromatic rings. The van der Waals surface area contributed by atoms with Gasteiger partial charge in [0, 0.05) is 24.7 Å². The Morgan fingerprint density at radius 1 is 1.28 bits per heavy atom. The van der Waals surface area contributed by atoms with E-state index < -0.39 is 23.8 Å². The van der Waals surface area contributed by atoms with Crippen molar-refractivity contribution < 1.29 is 18.6 Å². The van der Waals surface area contributed by atoms with Gasteiger partial charge in [0.05, 0.1) is 19.3 Å². The van der Waals surface area contributed by atoms with Crippen molar-refractivity contribution in [1.29, 1.82) is 0 Å². The van der Waals surface area contributed by atoms with Gasteiger partial charge in [0.15, 0.2) is 0 Å². The zero-order chi connectivity index (χ0) is 18.8. The predicted molar refractivity (Wildman–Crippen MR) is 96.3 cm³/mol. The van der Waals surface area contributed by atoms with Crippen molar-refractivity contribution in [3.8, 4) is 0 Å². The van der Waals surface area contributed by atoms with Crippen molar-refractivity contribution in [1.82, 2.24) is 5.32 Å². The second-order valence-corrected chi connectivity index (χ2v) is 6.77. The van der Waals surface area contributed by atoms with E-state index in [1.807, 2.05) is 0 Å². The van der Waals surface area contributed by atoms with Crippen LogP contribution in [0.1, 0.15) is 25.8 Å². The first kappa shape index (κ1) is 21.7. The van der Waals surface area contributed by atoms with E-state index in [1.54, 1.807) is 6.08 Å². The Morgan fingerprint density at radius 2 is 1.92 bits per heavy atom. The molecule has 0 heterocycles. The summed E-state index contributed by atoms with van der Waals surface area (Å²) in [6, 6.07) is 2.74. The topological polar surface area (TPSA) is 67.5 Å². The monoisotopic (exact) mass is 356 g/mol. The summed E-state index contributed by atoms with van der Waals surface area (Å²) in [5.41, 5.74) is 6.41. The Hall–Kier alpha value is -1.34. The van der Waals surface area contributed by atoms with E-state index in [4.69, 9.17) is 10.5 Å². The molecule has 0 spiro atoms. The van der Waals surface area contributed by atoms with Crippen LogP contribution in [0.4, 0.5) is 8.78 Å². The summed E-state index contributed by atoms with van der Waals surface area (Å²) >= 11 is 0. The Labute approximate surface area is 149 Å². The number of hydrogen-bond donors (Lipinski definition) is 3. The molecule has 0 saturated heterocycles. The Morgan fingerprint density at radius 3 is 2.48 bits per heavy atom. The minimum atomic E-state index is -0.833. The van der Waals surface area contributed by atoms with Gasteiger partial charge in [-0.3, -0.25) is 0 Å². The number of nitrogens with two attached hydrogens (primary N) is 1. The van der Waals surface area contributed by atoms with Crippen LogP contribution in [0, 0.1) is 17.6 Å². The molecule has 1 aromatic carbocycles. The van der Waals surface area contributed by atoms with Gasteiger partial charge in [-0.25, -0.2) is 8.78 Å². The van der Waals surface area contributed by atoms with Gasteiger partial charge >= 0.3 is 0 Å². The molecule has 0 fully saturated rings. The molecular formula is C19H30F2N2O2. The van der Waals surface area contributed by atoms with Crippen LogP contribution in [0.3, 0.4) is 0 Å². The highest BCUT2D eigenvalue weighted by atomic mass is 19.1. The Balaban J connectivity index is 2.50. The highest BCUT2D eigenvalue weighted by Crippen LogP contribution is 2.11. The smallest absolute Gasteiger partial charge is 0.126 e. The fourth-order valence-corrected chi connectivity index (χ4v) is 2.65. The second kappa shape index (κ2) is 11.3. The number of ether oxygens (including phenoxy) is 1. The standard InChI is InChI=1S/C19H30F2N2O2/c1-4-5-25-12-17(6-13(2)3)23-11-19(24)18(22)9-14-7-15(20)10-16(21)8-14/h4,7-8,10,13,17-19,23-24H,1,5-6,9,11-12,22H2,2-3H3/t17?,18-,19+/m0/s1. The van der Waals surface area contributed by atoms with Crippen molar-refractivity contribution in [3.05, 3.63) is 48.1 Å². The first-order chi connectivity index (χ1) is 11.8. The molecule has 6 heteroatoms. The molecule has 3 atom stereocenters. The van der Waals surface area contributed by atoms with E-state index in [2.05, 4.69) is 25.7 Å². The first-order valence-electron chi connectivity index (χ1n) is 8.62. The van der Waals surface area contributed by atoms with Crippen LogP contribution < -0.4 is 11.1 Å². The van der Waals surface area contributed by atoms with Crippen molar-refractivity contribution in [2.45, 2.75) is 44.9 Å². The molecule has 0 saturated carbocycles. The molecule has 0 aliphatic rings. The van der Waals surface area contributed by atoms with Gasteiger partial charge in [-0.05, 0) is 36.5 Å². The van der Waals surface area contributed by atoms with Crippen LogP contribution in [0.15, 0.2) is 30.9 Å². The van der Waals surface area contributed by atoms with Gasteiger partial charge in [-0.2, -0.15) is 0 Å². The number of rotatable bonds is 12. The second-order valence-electron chi connectivity index (χ2n) is 6.77. The summed E-state index contributed by atoms with van der Waals surface area (Å²) in [6.07, 6.45) is 1.95. The van der Waals surface area contributed by atoms with Crippen LogP contribution in [-0.4, -0.2) is 43.1 Å². The fourth-order valence-electron chi connectivity index (χ4n) is 2.65. The zero-order valence-electron chi connectivity index (χ0n) is 15.1. The van der Waals surface area contributed by atoms with Crippen molar-refractivity contribution >= 4 is 0 Å². The van der Waals surface area contributed by atoms with Crippen LogP contribution in [0.5, 0.6) is 0 Å². The van der Waals surface area contributed by atoms with E-state index in [0.29, 0.717) is 24.7 Å². The number of hydrogen-bond acceptors (Lipinski definition) is 4. The molecule has 0 radical (unpaired) electrons. The number of aliphatic hydroxyl groups excluding tert-OH is 1. The Bertz CT molecular complexity index is 506. The lowest BCUT2D eigenvalue weighted by Gasteiger charge is -2.25. The van der Waals surface area contributed by atoms with E-state index >= 15 is 0 Å². The number of halogens is 2. The molecule has 4 nitrogen and oxygen atoms in total. The van der Waals surface area contributed by atoms with Crippen LogP contribution >= 0.6 is 0 Å². The van der Waals surface area contributed by atoms with Crippen LogP contribution in [0.25, 0.3) is 0 Å². The molecule has 0 aromatic heterocycles. The summed E-state index contributed by atoms with van der Waals surface area (Å²) in [7, 11) is 0. The molecule has 25 heavy (non-hydrogen) atoms. The first-order valence-corrected chi connectivity index (χ1v) is 8.62. The lowest BCUT2D eigenvalue weighted by molar-refractivity contribution is 0.104. The largest absolute Gasteiger partial charge is 0.390 e. The summed E-state index contributed by atoms with van der Waals surface area (Å²) in [5.74, 6) is -0.816. The van der Waals surface area contributed by atoms with Crippen molar-refractivity contribution in [3.63, 3.8) is 0 Å². The minimum absolute atomic E-state index is 0.0911. The third-order valence-corrected chi connectivity index (χ3v) is 3.81. The summed E-state index contributed by atoms with van der Waals surface area (Å²) < 4.78 is 31.9. The summed E-state index contributed by atoms with van der Waals surface area (Å²) in [6.45, 7) is 9.12. The third kappa shape index (κ3) is 9.07. The van der Waals surface area contributed by atoms with Gasteiger partial charge in [0.2, 0.25) is 0 Å². The number of benzene rings is 1.